The van der Waals surface area contributed by atoms with E-state index in [0.29, 0.717) is 10.7 Å². The number of hydrogen-bond acceptors (Lipinski definition) is 3. The summed E-state index contributed by atoms with van der Waals surface area (Å²) in [5.74, 6) is -0.170. The molecule has 0 radical (unpaired) electrons. The average Bonchev–Trinajstić information content (AvgIpc) is 2.64. The number of para-hydroxylation sites is 1. The topological polar surface area (TPSA) is 45.2 Å². The molecule has 3 aromatic rings. The summed E-state index contributed by atoms with van der Waals surface area (Å²) >= 11 is 6.16. The second kappa shape index (κ2) is 7.36. The van der Waals surface area contributed by atoms with Crippen molar-refractivity contribution in [3.63, 3.8) is 0 Å². The van der Waals surface area contributed by atoms with E-state index in [-0.39, 0.29) is 5.91 Å². The molecule has 1 heterocycles. The number of rotatable bonds is 4. The van der Waals surface area contributed by atoms with Gasteiger partial charge in [0, 0.05) is 35.3 Å². The first-order valence-corrected chi connectivity index (χ1v) is 8.25. The van der Waals surface area contributed by atoms with Gasteiger partial charge in [0.15, 0.2) is 0 Å². The molecule has 4 nitrogen and oxygen atoms in total. The predicted molar refractivity (Wildman–Crippen MR) is 103 cm³/mol. The number of benzene rings is 2. The number of amides is 1. The highest BCUT2D eigenvalue weighted by Gasteiger charge is 2.15. The van der Waals surface area contributed by atoms with E-state index in [4.69, 9.17) is 11.6 Å². The highest BCUT2D eigenvalue weighted by Crippen LogP contribution is 2.23. The lowest BCUT2D eigenvalue weighted by Gasteiger charge is -2.17. The van der Waals surface area contributed by atoms with E-state index in [1.807, 2.05) is 61.5 Å². The number of nitrogens with zero attached hydrogens (tertiary/aromatic N) is 2. The molecule has 0 fully saturated rings. The number of hydrogen-bond donors (Lipinski definition) is 1. The summed E-state index contributed by atoms with van der Waals surface area (Å²) in [6.07, 6.45) is 1.62. The van der Waals surface area contributed by atoms with Crippen LogP contribution < -0.4 is 10.2 Å². The van der Waals surface area contributed by atoms with Crippen LogP contribution in [-0.4, -0.2) is 17.9 Å². The van der Waals surface area contributed by atoms with Gasteiger partial charge in [0.05, 0.1) is 0 Å². The third kappa shape index (κ3) is 3.98. The zero-order valence-electron chi connectivity index (χ0n) is 14.0. The number of pyridine rings is 1. The number of aryl methyl sites for hydroxylation is 1. The molecule has 0 aliphatic carbocycles. The zero-order valence-corrected chi connectivity index (χ0v) is 14.8. The Kier molecular flexibility index (Phi) is 5.00. The average molecular weight is 352 g/mol. The normalized spacial score (nSPS) is 10.4. The van der Waals surface area contributed by atoms with Crippen LogP contribution in [0.25, 0.3) is 0 Å². The predicted octanol–water partition coefficient (Wildman–Crippen LogP) is 5.06. The minimum Gasteiger partial charge on any atom is -0.355 e. The Balaban J connectivity index is 1.81. The van der Waals surface area contributed by atoms with Crippen LogP contribution in [0.5, 0.6) is 0 Å². The standard InChI is InChI=1S/C20H18ClN3O/c1-14-8-9-15(12-18(14)21)23-16-10-11-22-19(13-16)20(25)24(2)17-6-4-3-5-7-17/h3-13H,1-2H3,(H,22,23). The van der Waals surface area contributed by atoms with Crippen LogP contribution >= 0.6 is 11.6 Å². The summed E-state index contributed by atoms with van der Waals surface area (Å²) in [6, 6.07) is 18.8. The van der Waals surface area contributed by atoms with E-state index in [1.54, 1.807) is 24.2 Å². The third-order valence-electron chi connectivity index (χ3n) is 3.89. The molecule has 1 amide bonds. The molecule has 0 saturated carbocycles. The zero-order chi connectivity index (χ0) is 17.8. The van der Waals surface area contributed by atoms with Gasteiger partial charge in [-0.2, -0.15) is 0 Å². The molecule has 0 saturated heterocycles. The number of carbonyl (C=O) groups excluding carboxylic acids is 1. The molecule has 0 spiro atoms. The Morgan fingerprint density at radius 3 is 2.48 bits per heavy atom. The van der Waals surface area contributed by atoms with Crippen molar-refractivity contribution >= 4 is 34.6 Å². The van der Waals surface area contributed by atoms with Gasteiger partial charge in [-0.05, 0) is 48.9 Å². The molecule has 5 heteroatoms. The first-order valence-electron chi connectivity index (χ1n) is 7.87. The molecule has 2 aromatic carbocycles. The van der Waals surface area contributed by atoms with E-state index in [9.17, 15) is 4.79 Å². The number of aromatic nitrogens is 1. The van der Waals surface area contributed by atoms with Crippen molar-refractivity contribution in [3.05, 3.63) is 83.1 Å². The third-order valence-corrected chi connectivity index (χ3v) is 4.29. The van der Waals surface area contributed by atoms with Crippen LogP contribution in [0.15, 0.2) is 66.9 Å². The highest BCUT2D eigenvalue weighted by atomic mass is 35.5. The van der Waals surface area contributed by atoms with Crippen molar-refractivity contribution in [3.8, 4) is 0 Å². The van der Waals surface area contributed by atoms with E-state index in [0.717, 1.165) is 22.6 Å². The maximum absolute atomic E-state index is 12.7. The largest absolute Gasteiger partial charge is 0.355 e. The molecular formula is C20H18ClN3O. The van der Waals surface area contributed by atoms with Crippen LogP contribution in [0.1, 0.15) is 16.1 Å². The number of nitrogens with one attached hydrogen (secondary N) is 1. The van der Waals surface area contributed by atoms with Crippen molar-refractivity contribution in [2.45, 2.75) is 6.92 Å². The summed E-state index contributed by atoms with van der Waals surface area (Å²) in [5.41, 5.74) is 3.84. The van der Waals surface area contributed by atoms with Crippen molar-refractivity contribution in [2.24, 2.45) is 0 Å². The lowest BCUT2D eigenvalue weighted by atomic mass is 10.2. The fourth-order valence-electron chi connectivity index (χ4n) is 2.40. The summed E-state index contributed by atoms with van der Waals surface area (Å²) in [4.78, 5) is 18.4. The van der Waals surface area contributed by atoms with E-state index in [1.165, 1.54) is 0 Å². The van der Waals surface area contributed by atoms with Gasteiger partial charge in [0.25, 0.3) is 5.91 Å². The monoisotopic (exact) mass is 351 g/mol. The summed E-state index contributed by atoms with van der Waals surface area (Å²) < 4.78 is 0. The Bertz CT molecular complexity index is 896. The Labute approximate surface area is 152 Å². The Morgan fingerprint density at radius 2 is 1.76 bits per heavy atom. The van der Waals surface area contributed by atoms with Gasteiger partial charge in [0.1, 0.15) is 5.69 Å². The van der Waals surface area contributed by atoms with Crippen molar-refractivity contribution in [1.29, 1.82) is 0 Å². The summed E-state index contributed by atoms with van der Waals surface area (Å²) in [7, 11) is 1.74. The van der Waals surface area contributed by atoms with Gasteiger partial charge < -0.3 is 10.2 Å². The van der Waals surface area contributed by atoms with Gasteiger partial charge in [-0.3, -0.25) is 9.78 Å². The van der Waals surface area contributed by atoms with Crippen LogP contribution in [0.2, 0.25) is 5.02 Å². The second-order valence-corrected chi connectivity index (χ2v) is 6.13. The highest BCUT2D eigenvalue weighted by molar-refractivity contribution is 6.31. The molecule has 0 bridgehead atoms. The van der Waals surface area contributed by atoms with Crippen molar-refractivity contribution in [2.75, 3.05) is 17.3 Å². The lowest BCUT2D eigenvalue weighted by Crippen LogP contribution is -2.27. The maximum Gasteiger partial charge on any atom is 0.276 e. The minimum atomic E-state index is -0.170. The smallest absolute Gasteiger partial charge is 0.276 e. The lowest BCUT2D eigenvalue weighted by molar-refractivity contribution is 0.0988. The van der Waals surface area contributed by atoms with Crippen LogP contribution in [0, 0.1) is 6.92 Å². The molecule has 0 aliphatic heterocycles. The van der Waals surface area contributed by atoms with E-state index < -0.39 is 0 Å². The maximum atomic E-state index is 12.7. The number of halogens is 1. The first kappa shape index (κ1) is 17.0. The second-order valence-electron chi connectivity index (χ2n) is 5.72. The minimum absolute atomic E-state index is 0.170. The van der Waals surface area contributed by atoms with E-state index in [2.05, 4.69) is 10.3 Å². The SMILES string of the molecule is Cc1ccc(Nc2ccnc(C(=O)N(C)c3ccccc3)c2)cc1Cl. The quantitative estimate of drug-likeness (QED) is 0.714. The molecule has 0 aliphatic rings. The molecule has 25 heavy (non-hydrogen) atoms. The van der Waals surface area contributed by atoms with Gasteiger partial charge in [-0.1, -0.05) is 35.9 Å². The molecule has 126 valence electrons. The summed E-state index contributed by atoms with van der Waals surface area (Å²) in [5, 5.41) is 3.94. The van der Waals surface area contributed by atoms with Crippen LogP contribution in [0.4, 0.5) is 17.1 Å². The molecule has 3 rings (SSSR count). The van der Waals surface area contributed by atoms with Crippen LogP contribution in [0.3, 0.4) is 0 Å². The van der Waals surface area contributed by atoms with Gasteiger partial charge >= 0.3 is 0 Å². The fourth-order valence-corrected chi connectivity index (χ4v) is 2.58. The van der Waals surface area contributed by atoms with Crippen molar-refractivity contribution < 1.29 is 4.79 Å². The molecule has 1 N–H and O–H groups in total. The molecule has 1 aromatic heterocycles. The number of anilines is 3. The van der Waals surface area contributed by atoms with Gasteiger partial charge in [0.2, 0.25) is 0 Å². The molecule has 0 atom stereocenters. The van der Waals surface area contributed by atoms with Crippen molar-refractivity contribution in [1.82, 2.24) is 4.98 Å². The molecule has 0 unspecified atom stereocenters. The van der Waals surface area contributed by atoms with E-state index >= 15 is 0 Å². The number of carbonyl (C=O) groups is 1. The Morgan fingerprint density at radius 1 is 1.04 bits per heavy atom. The Hall–Kier alpha value is -2.85. The van der Waals surface area contributed by atoms with Gasteiger partial charge in [-0.25, -0.2) is 0 Å². The fraction of sp³-hybridized carbons (Fsp3) is 0.100. The van der Waals surface area contributed by atoms with Gasteiger partial charge in [-0.15, -0.1) is 0 Å². The van der Waals surface area contributed by atoms with Crippen LogP contribution in [-0.2, 0) is 0 Å². The first-order chi connectivity index (χ1) is 12.0. The molecular weight excluding hydrogens is 334 g/mol. The summed E-state index contributed by atoms with van der Waals surface area (Å²) in [6.45, 7) is 1.95.